The van der Waals surface area contributed by atoms with Gasteiger partial charge in [0.15, 0.2) is 5.92 Å². The second-order valence-electron chi connectivity index (χ2n) is 5.44. The molecule has 0 heterocycles. The molecule has 0 spiro atoms. The summed E-state index contributed by atoms with van der Waals surface area (Å²) in [5.41, 5.74) is -1.71. The van der Waals surface area contributed by atoms with Gasteiger partial charge in [-0.25, -0.2) is 4.79 Å². The van der Waals surface area contributed by atoms with Crippen LogP contribution in [0, 0.1) is 11.3 Å². The number of esters is 1. The van der Waals surface area contributed by atoms with Gasteiger partial charge in [0.25, 0.3) is 0 Å². The molecule has 128 valence electrons. The van der Waals surface area contributed by atoms with Crippen LogP contribution < -0.4 is 5.11 Å². The van der Waals surface area contributed by atoms with Gasteiger partial charge in [0, 0.05) is 6.08 Å². The van der Waals surface area contributed by atoms with E-state index in [0.717, 1.165) is 20.8 Å². The fourth-order valence-electron chi connectivity index (χ4n) is 1.57. The third-order valence-electron chi connectivity index (χ3n) is 2.46. The van der Waals surface area contributed by atoms with E-state index < -0.39 is 41.7 Å². The summed E-state index contributed by atoms with van der Waals surface area (Å²) in [6.07, 6.45) is -13.7. The summed E-state index contributed by atoms with van der Waals surface area (Å²) in [6, 6.07) is 0. The summed E-state index contributed by atoms with van der Waals surface area (Å²) in [4.78, 5) is 21.3. The van der Waals surface area contributed by atoms with Crippen LogP contribution in [0.2, 0.25) is 0 Å². The van der Waals surface area contributed by atoms with E-state index in [1.54, 1.807) is 0 Å². The normalized spacial score (nSPS) is 15.2. The van der Waals surface area contributed by atoms with Crippen molar-refractivity contribution in [3.63, 3.8) is 0 Å². The summed E-state index contributed by atoms with van der Waals surface area (Å²) >= 11 is 0. The molecule has 0 radical (unpaired) electrons. The van der Waals surface area contributed by atoms with Crippen LogP contribution in [0.4, 0.5) is 26.3 Å². The zero-order valence-corrected chi connectivity index (χ0v) is 11.7. The number of halogens is 6. The lowest BCUT2D eigenvalue weighted by molar-refractivity contribution is -0.316. The summed E-state index contributed by atoms with van der Waals surface area (Å²) in [7, 11) is 0. The van der Waals surface area contributed by atoms with Gasteiger partial charge in [-0.15, -0.1) is 0 Å². The standard InChI is InChI=1S/C12H14F6O4/c1-10(2,3)9(22-7(21)5-4-6(19)20)8(11(13,14)15)12(16,17)18/h4-5,8-9H,1-3H3,(H,19,20)/p-1/b5-4+. The highest BCUT2D eigenvalue weighted by atomic mass is 19.4. The average Bonchev–Trinajstić information content (AvgIpc) is 2.20. The number of alkyl halides is 6. The topological polar surface area (TPSA) is 66.4 Å². The maximum atomic E-state index is 12.7. The average molecular weight is 335 g/mol. The van der Waals surface area contributed by atoms with Crippen LogP contribution in [0.3, 0.4) is 0 Å². The molecular formula is C12H13F6O4-. The first-order chi connectivity index (χ1) is 9.56. The van der Waals surface area contributed by atoms with E-state index in [0.29, 0.717) is 0 Å². The second kappa shape index (κ2) is 6.57. The molecule has 4 nitrogen and oxygen atoms in total. The molecule has 0 aromatic rings. The van der Waals surface area contributed by atoms with E-state index in [1.807, 2.05) is 0 Å². The Balaban J connectivity index is 5.63. The van der Waals surface area contributed by atoms with Crippen molar-refractivity contribution >= 4 is 11.9 Å². The van der Waals surface area contributed by atoms with Gasteiger partial charge in [-0.1, -0.05) is 20.8 Å². The maximum Gasteiger partial charge on any atom is 0.404 e. The lowest BCUT2D eigenvalue weighted by atomic mass is 9.80. The first-order valence-corrected chi connectivity index (χ1v) is 5.80. The number of carboxylic acids is 1. The molecule has 0 aliphatic heterocycles. The minimum Gasteiger partial charge on any atom is -0.545 e. The Hall–Kier alpha value is -1.74. The molecule has 1 atom stereocenters. The minimum absolute atomic E-state index is 0.137. The molecule has 10 heteroatoms. The maximum absolute atomic E-state index is 12.7. The van der Waals surface area contributed by atoms with Crippen LogP contribution in [0.5, 0.6) is 0 Å². The third kappa shape index (κ3) is 6.35. The number of carbonyl (C=O) groups excluding carboxylic acids is 2. The molecule has 0 amide bonds. The Morgan fingerprint density at radius 3 is 1.64 bits per heavy atom. The number of ether oxygens (including phenoxy) is 1. The van der Waals surface area contributed by atoms with E-state index in [-0.39, 0.29) is 12.2 Å². The zero-order valence-electron chi connectivity index (χ0n) is 11.7. The molecule has 0 saturated carbocycles. The highest BCUT2D eigenvalue weighted by Crippen LogP contribution is 2.47. The molecular weight excluding hydrogens is 322 g/mol. The highest BCUT2D eigenvalue weighted by molar-refractivity contribution is 5.90. The van der Waals surface area contributed by atoms with Gasteiger partial charge >= 0.3 is 18.3 Å². The predicted octanol–water partition coefficient (Wildman–Crippen LogP) is 1.99. The minimum atomic E-state index is -5.70. The third-order valence-corrected chi connectivity index (χ3v) is 2.46. The van der Waals surface area contributed by atoms with Gasteiger partial charge in [-0.3, -0.25) is 0 Å². The predicted molar refractivity (Wildman–Crippen MR) is 59.1 cm³/mol. The molecule has 0 fully saturated rings. The lowest BCUT2D eigenvalue weighted by Gasteiger charge is -2.37. The summed E-state index contributed by atoms with van der Waals surface area (Å²) < 4.78 is 80.6. The molecule has 1 unspecified atom stereocenters. The van der Waals surface area contributed by atoms with Crippen molar-refractivity contribution in [2.24, 2.45) is 11.3 Å². The Morgan fingerprint density at radius 2 is 1.36 bits per heavy atom. The molecule has 0 aliphatic carbocycles. The summed E-state index contributed by atoms with van der Waals surface area (Å²) in [5, 5.41) is 10.1. The van der Waals surface area contributed by atoms with E-state index in [4.69, 9.17) is 0 Å². The molecule has 22 heavy (non-hydrogen) atoms. The molecule has 0 rings (SSSR count). The number of rotatable bonds is 4. The van der Waals surface area contributed by atoms with Gasteiger partial charge in [-0.2, -0.15) is 26.3 Å². The first-order valence-electron chi connectivity index (χ1n) is 5.80. The Kier molecular flexibility index (Phi) is 6.05. The molecule has 0 aromatic heterocycles. The fourth-order valence-corrected chi connectivity index (χ4v) is 1.57. The van der Waals surface area contributed by atoms with Crippen LogP contribution in [-0.4, -0.2) is 30.4 Å². The summed E-state index contributed by atoms with van der Waals surface area (Å²) in [6.45, 7) is 3.08. The lowest BCUT2D eigenvalue weighted by Crippen LogP contribution is -2.51. The van der Waals surface area contributed by atoms with Crippen molar-refractivity contribution in [2.45, 2.75) is 39.2 Å². The Bertz CT molecular complexity index is 430. The van der Waals surface area contributed by atoms with Gasteiger partial charge in [0.2, 0.25) is 0 Å². The Morgan fingerprint density at radius 1 is 0.955 bits per heavy atom. The quantitative estimate of drug-likeness (QED) is 0.448. The first kappa shape index (κ1) is 20.3. The van der Waals surface area contributed by atoms with E-state index in [2.05, 4.69) is 4.74 Å². The van der Waals surface area contributed by atoms with Crippen molar-refractivity contribution in [3.05, 3.63) is 12.2 Å². The van der Waals surface area contributed by atoms with Gasteiger partial charge in [0.05, 0.1) is 5.97 Å². The van der Waals surface area contributed by atoms with Gasteiger partial charge in [0.1, 0.15) is 6.10 Å². The van der Waals surface area contributed by atoms with Crippen LogP contribution in [0.25, 0.3) is 0 Å². The number of hydrogen-bond donors (Lipinski definition) is 0. The van der Waals surface area contributed by atoms with Crippen LogP contribution in [0.15, 0.2) is 12.2 Å². The van der Waals surface area contributed by atoms with Crippen molar-refractivity contribution in [1.29, 1.82) is 0 Å². The van der Waals surface area contributed by atoms with E-state index in [1.165, 1.54) is 0 Å². The van der Waals surface area contributed by atoms with Crippen LogP contribution >= 0.6 is 0 Å². The summed E-state index contributed by atoms with van der Waals surface area (Å²) in [5.74, 6) is -7.41. The molecule has 0 bridgehead atoms. The van der Waals surface area contributed by atoms with Crippen molar-refractivity contribution in [2.75, 3.05) is 0 Å². The van der Waals surface area contributed by atoms with Crippen LogP contribution in [-0.2, 0) is 14.3 Å². The van der Waals surface area contributed by atoms with Crippen molar-refractivity contribution in [1.82, 2.24) is 0 Å². The fraction of sp³-hybridized carbons (Fsp3) is 0.667. The number of aliphatic carboxylic acids is 1. The molecule has 0 aromatic carbocycles. The number of carbonyl (C=O) groups is 2. The van der Waals surface area contributed by atoms with Gasteiger partial charge < -0.3 is 14.6 Å². The largest absolute Gasteiger partial charge is 0.545 e. The van der Waals surface area contributed by atoms with Crippen molar-refractivity contribution < 1.29 is 45.8 Å². The molecule has 0 saturated heterocycles. The molecule has 0 N–H and O–H groups in total. The second-order valence-corrected chi connectivity index (χ2v) is 5.44. The van der Waals surface area contributed by atoms with Crippen LogP contribution in [0.1, 0.15) is 20.8 Å². The number of hydrogen-bond acceptors (Lipinski definition) is 4. The van der Waals surface area contributed by atoms with Crippen molar-refractivity contribution in [3.8, 4) is 0 Å². The molecule has 0 aliphatic rings. The Labute approximate surface area is 121 Å². The number of carboxylic acid groups (broad SMARTS) is 1. The smallest absolute Gasteiger partial charge is 0.404 e. The highest BCUT2D eigenvalue weighted by Gasteiger charge is 2.63. The van der Waals surface area contributed by atoms with Gasteiger partial charge in [-0.05, 0) is 11.5 Å². The van der Waals surface area contributed by atoms with E-state index >= 15 is 0 Å². The monoisotopic (exact) mass is 335 g/mol. The zero-order chi connectivity index (χ0) is 17.9. The van der Waals surface area contributed by atoms with E-state index in [9.17, 15) is 41.0 Å². The SMILES string of the molecule is CC(C)(C)C(OC(=O)/C=C/C(=O)[O-])C(C(F)(F)F)C(F)(F)F.